The first-order valence-electron chi connectivity index (χ1n) is 6.43. The first kappa shape index (κ1) is 14.8. The fourth-order valence-corrected chi connectivity index (χ4v) is 2.00. The number of nitrogens with zero attached hydrogens (tertiary/aromatic N) is 1. The number of fused-ring (bicyclic) bond motifs is 1. The van der Waals surface area contributed by atoms with Gasteiger partial charge in [-0.25, -0.2) is 4.79 Å². The van der Waals surface area contributed by atoms with Crippen LogP contribution in [0, 0.1) is 0 Å². The van der Waals surface area contributed by atoms with Gasteiger partial charge in [-0.2, -0.15) is 5.10 Å². The molecule has 0 radical (unpaired) electrons. The molecule has 0 amide bonds. The van der Waals surface area contributed by atoms with Gasteiger partial charge >= 0.3 is 5.97 Å². The molecule has 1 aromatic heterocycles. The van der Waals surface area contributed by atoms with Crippen LogP contribution in [0.1, 0.15) is 6.92 Å². The molecule has 1 aromatic carbocycles. The summed E-state index contributed by atoms with van der Waals surface area (Å²) in [6, 6.07) is 3.25. The van der Waals surface area contributed by atoms with E-state index < -0.39 is 5.97 Å². The molecule has 0 aliphatic rings. The van der Waals surface area contributed by atoms with Crippen molar-refractivity contribution in [3.05, 3.63) is 28.6 Å². The monoisotopic (exact) mass is 293 g/mol. The Morgan fingerprint density at radius 2 is 1.90 bits per heavy atom. The summed E-state index contributed by atoms with van der Waals surface area (Å²) in [6.45, 7) is 1.96. The zero-order valence-corrected chi connectivity index (χ0v) is 12.1. The molecule has 0 spiro atoms. The summed E-state index contributed by atoms with van der Waals surface area (Å²) in [6.07, 6.45) is 1.31. The summed E-state index contributed by atoms with van der Waals surface area (Å²) >= 11 is 0. The maximum absolute atomic E-state index is 12.1. The maximum atomic E-state index is 12.1. The Hall–Kier alpha value is -2.57. The van der Waals surface area contributed by atoms with E-state index in [1.807, 2.05) is 0 Å². The summed E-state index contributed by atoms with van der Waals surface area (Å²) < 4.78 is 16.6. The topological polar surface area (TPSA) is 81.5 Å². The summed E-state index contributed by atoms with van der Waals surface area (Å²) in [4.78, 5) is 23.6. The van der Waals surface area contributed by atoms with E-state index in [9.17, 15) is 9.59 Å². The highest BCUT2D eigenvalue weighted by atomic mass is 16.5. The number of benzene rings is 1. The second-order valence-electron chi connectivity index (χ2n) is 4.29. The van der Waals surface area contributed by atoms with Crippen molar-refractivity contribution in [2.75, 3.05) is 20.8 Å². The van der Waals surface area contributed by atoms with E-state index >= 15 is 0 Å². The van der Waals surface area contributed by atoms with Gasteiger partial charge in [0.05, 0.1) is 26.2 Å². The van der Waals surface area contributed by atoms with Gasteiger partial charge in [-0.05, 0) is 13.0 Å². The van der Waals surface area contributed by atoms with Crippen LogP contribution in [0.2, 0.25) is 0 Å². The zero-order valence-electron chi connectivity index (χ0n) is 12.1. The Balaban J connectivity index is 2.49. The Bertz CT molecular complexity index is 723. The second-order valence-corrected chi connectivity index (χ2v) is 4.29. The molecule has 0 aliphatic heterocycles. The lowest BCUT2D eigenvalue weighted by Gasteiger charge is -2.08. The third-order valence-corrected chi connectivity index (χ3v) is 2.93. The van der Waals surface area contributed by atoms with Crippen LogP contribution in [0.3, 0.4) is 0 Å². The van der Waals surface area contributed by atoms with Crippen LogP contribution in [-0.4, -0.2) is 31.9 Å². The van der Waals surface area contributed by atoms with E-state index in [0.29, 0.717) is 29.0 Å². The minimum absolute atomic E-state index is 0.0621. The lowest BCUT2D eigenvalue weighted by molar-refractivity contribution is -0.741. The number of esters is 1. The minimum Gasteiger partial charge on any atom is -0.493 e. The van der Waals surface area contributed by atoms with Crippen LogP contribution in [0.15, 0.2) is 23.1 Å². The molecule has 0 fully saturated rings. The van der Waals surface area contributed by atoms with Crippen molar-refractivity contribution < 1.29 is 23.7 Å². The SMILES string of the molecule is CCOC(=O)C[n+]1cc(=O)c2cc(OC)c(OC)cc2[nH]1. The Kier molecular flexibility index (Phi) is 4.42. The lowest BCUT2D eigenvalue weighted by atomic mass is 10.2. The summed E-state index contributed by atoms with van der Waals surface area (Å²) in [5, 5.41) is 3.41. The van der Waals surface area contributed by atoms with Gasteiger partial charge in [0.25, 0.3) is 12.0 Å². The quantitative estimate of drug-likeness (QED) is 0.637. The molecule has 112 valence electrons. The van der Waals surface area contributed by atoms with E-state index in [0.717, 1.165) is 0 Å². The van der Waals surface area contributed by atoms with Crippen LogP contribution >= 0.6 is 0 Å². The summed E-state index contributed by atoms with van der Waals surface area (Å²) in [5.41, 5.74) is 0.318. The van der Waals surface area contributed by atoms with Gasteiger partial charge < -0.3 is 14.2 Å². The van der Waals surface area contributed by atoms with Crippen molar-refractivity contribution in [1.82, 2.24) is 5.10 Å². The minimum atomic E-state index is -0.419. The Labute approximate surface area is 121 Å². The van der Waals surface area contributed by atoms with Gasteiger partial charge in [0, 0.05) is 6.07 Å². The molecule has 7 nitrogen and oxygen atoms in total. The van der Waals surface area contributed by atoms with Crippen LogP contribution in [-0.2, 0) is 16.1 Å². The number of nitrogens with one attached hydrogen (secondary N) is 1. The van der Waals surface area contributed by atoms with Crippen LogP contribution < -0.4 is 19.6 Å². The summed E-state index contributed by atoms with van der Waals surface area (Å²) in [5.74, 6) is 0.547. The maximum Gasteiger partial charge on any atom is 0.375 e. The first-order chi connectivity index (χ1) is 10.1. The third kappa shape index (κ3) is 3.13. The molecule has 7 heteroatoms. The van der Waals surface area contributed by atoms with Crippen molar-refractivity contribution in [1.29, 1.82) is 0 Å². The van der Waals surface area contributed by atoms with E-state index in [1.54, 1.807) is 19.1 Å². The van der Waals surface area contributed by atoms with Crippen LogP contribution in [0.4, 0.5) is 0 Å². The Morgan fingerprint density at radius 3 is 2.52 bits per heavy atom. The largest absolute Gasteiger partial charge is 0.493 e. The molecule has 0 bridgehead atoms. The fourth-order valence-electron chi connectivity index (χ4n) is 2.00. The smallest absolute Gasteiger partial charge is 0.375 e. The first-order valence-corrected chi connectivity index (χ1v) is 6.43. The number of aromatic nitrogens is 2. The van der Waals surface area contributed by atoms with E-state index in [-0.39, 0.29) is 12.0 Å². The van der Waals surface area contributed by atoms with Gasteiger partial charge in [0.15, 0.2) is 11.5 Å². The molecule has 0 saturated heterocycles. The molecular formula is C14H17N2O5+. The molecule has 0 aliphatic carbocycles. The van der Waals surface area contributed by atoms with Crippen molar-refractivity contribution in [3.8, 4) is 11.5 Å². The number of hydrogen-bond acceptors (Lipinski definition) is 5. The van der Waals surface area contributed by atoms with Crippen molar-refractivity contribution in [3.63, 3.8) is 0 Å². The van der Waals surface area contributed by atoms with Gasteiger partial charge in [-0.15, -0.1) is 4.68 Å². The number of methoxy groups -OCH3 is 2. The summed E-state index contributed by atoms with van der Waals surface area (Å²) in [7, 11) is 3.01. The number of H-pyrrole nitrogens is 1. The van der Waals surface area contributed by atoms with E-state index in [2.05, 4.69) is 5.10 Å². The van der Waals surface area contributed by atoms with Gasteiger partial charge in [-0.1, -0.05) is 0 Å². The molecule has 2 aromatic rings. The van der Waals surface area contributed by atoms with Crippen molar-refractivity contribution >= 4 is 16.9 Å². The predicted molar refractivity (Wildman–Crippen MR) is 74.5 cm³/mol. The normalized spacial score (nSPS) is 10.4. The predicted octanol–water partition coefficient (Wildman–Crippen LogP) is 0.396. The van der Waals surface area contributed by atoms with E-state index in [4.69, 9.17) is 14.2 Å². The lowest BCUT2D eigenvalue weighted by Crippen LogP contribution is -2.44. The number of aromatic amines is 1. The molecular weight excluding hydrogens is 276 g/mol. The van der Waals surface area contributed by atoms with Crippen molar-refractivity contribution in [2.45, 2.75) is 13.5 Å². The number of ether oxygens (including phenoxy) is 3. The van der Waals surface area contributed by atoms with E-state index in [1.165, 1.54) is 25.1 Å². The molecule has 21 heavy (non-hydrogen) atoms. The van der Waals surface area contributed by atoms with Gasteiger partial charge in [-0.3, -0.25) is 4.79 Å². The second kappa shape index (κ2) is 6.25. The van der Waals surface area contributed by atoms with Crippen LogP contribution in [0.25, 0.3) is 10.9 Å². The Morgan fingerprint density at radius 1 is 1.24 bits per heavy atom. The molecule has 0 unspecified atom stereocenters. The zero-order chi connectivity index (χ0) is 15.4. The average molecular weight is 293 g/mol. The fraction of sp³-hybridized carbons (Fsp3) is 0.357. The highest BCUT2D eigenvalue weighted by molar-refractivity contribution is 5.81. The van der Waals surface area contributed by atoms with Gasteiger partial charge in [0.2, 0.25) is 6.20 Å². The molecule has 1 heterocycles. The number of carbonyl (C=O) groups is 1. The molecule has 0 saturated carbocycles. The molecule has 1 N–H and O–H groups in total. The highest BCUT2D eigenvalue weighted by Gasteiger charge is 2.16. The standard InChI is InChI=1S/C14H16N2O5/c1-4-21-14(18)8-16-7-11(17)9-5-12(19-2)13(20-3)6-10(9)15-16/h5-7H,4,8H2,1-3H3/p+1. The number of rotatable bonds is 5. The third-order valence-electron chi connectivity index (χ3n) is 2.93. The van der Waals surface area contributed by atoms with Crippen molar-refractivity contribution in [2.24, 2.45) is 0 Å². The molecule has 2 rings (SSSR count). The van der Waals surface area contributed by atoms with Gasteiger partial charge in [0.1, 0.15) is 5.52 Å². The van der Waals surface area contributed by atoms with Crippen LogP contribution in [0.5, 0.6) is 11.5 Å². The molecule has 0 atom stereocenters. The number of hydrogen-bond donors (Lipinski definition) is 1. The number of carbonyl (C=O) groups excluding carboxylic acids is 1. The average Bonchev–Trinajstić information content (AvgIpc) is 2.46. The highest BCUT2D eigenvalue weighted by Crippen LogP contribution is 2.29.